The molecule has 0 spiro atoms. The Morgan fingerprint density at radius 1 is 1.45 bits per heavy atom. The van der Waals surface area contributed by atoms with Crippen molar-refractivity contribution in [3.05, 3.63) is 61.8 Å². The molecule has 1 amide bonds. The quantitative estimate of drug-likeness (QED) is 0.655. The van der Waals surface area contributed by atoms with E-state index in [4.69, 9.17) is 5.73 Å². The highest BCUT2D eigenvalue weighted by Gasteiger charge is 2.20. The van der Waals surface area contributed by atoms with E-state index in [0.717, 1.165) is 0 Å². The number of nitro groups is 1. The zero-order chi connectivity index (χ0) is 16.3. The van der Waals surface area contributed by atoms with Gasteiger partial charge in [0.2, 0.25) is 5.91 Å². The zero-order valence-corrected chi connectivity index (χ0v) is 13.2. The SMILES string of the molecule is C[C@H](c1cccs1)N(C)Cc1ccc(C(N)=O)cc1[N+](=O)[O-]. The van der Waals surface area contributed by atoms with Gasteiger partial charge in [0.25, 0.3) is 5.69 Å². The molecule has 1 atom stereocenters. The van der Waals surface area contributed by atoms with Crippen LogP contribution in [-0.4, -0.2) is 22.8 Å². The first-order valence-electron chi connectivity index (χ1n) is 6.71. The smallest absolute Gasteiger partial charge is 0.274 e. The van der Waals surface area contributed by atoms with Gasteiger partial charge in [-0.1, -0.05) is 12.1 Å². The van der Waals surface area contributed by atoms with Crippen molar-refractivity contribution in [3.63, 3.8) is 0 Å². The molecule has 22 heavy (non-hydrogen) atoms. The number of hydrogen-bond acceptors (Lipinski definition) is 5. The van der Waals surface area contributed by atoms with E-state index in [9.17, 15) is 14.9 Å². The molecule has 0 bridgehead atoms. The minimum Gasteiger partial charge on any atom is -0.366 e. The van der Waals surface area contributed by atoms with Gasteiger partial charge in [0, 0.05) is 34.7 Å². The molecule has 2 N–H and O–H groups in total. The van der Waals surface area contributed by atoms with Crippen LogP contribution in [0, 0.1) is 10.1 Å². The molecule has 2 rings (SSSR count). The fourth-order valence-electron chi connectivity index (χ4n) is 2.17. The van der Waals surface area contributed by atoms with E-state index < -0.39 is 10.8 Å². The number of nitrogens with two attached hydrogens (primary N) is 1. The van der Waals surface area contributed by atoms with Crippen LogP contribution in [0.15, 0.2) is 35.7 Å². The van der Waals surface area contributed by atoms with Gasteiger partial charge in [-0.15, -0.1) is 11.3 Å². The monoisotopic (exact) mass is 319 g/mol. The van der Waals surface area contributed by atoms with Crippen molar-refractivity contribution < 1.29 is 9.72 Å². The van der Waals surface area contributed by atoms with E-state index in [1.54, 1.807) is 17.4 Å². The first kappa shape index (κ1) is 16.1. The van der Waals surface area contributed by atoms with Gasteiger partial charge >= 0.3 is 0 Å². The van der Waals surface area contributed by atoms with Gasteiger partial charge in [-0.2, -0.15) is 0 Å². The van der Waals surface area contributed by atoms with Crippen molar-refractivity contribution >= 4 is 22.9 Å². The molecule has 1 heterocycles. The molecular formula is C15H17N3O3S. The molecule has 6 nitrogen and oxygen atoms in total. The third kappa shape index (κ3) is 3.49. The summed E-state index contributed by atoms with van der Waals surface area (Å²) in [6.07, 6.45) is 0. The molecule has 2 aromatic rings. The number of rotatable bonds is 6. The first-order valence-corrected chi connectivity index (χ1v) is 7.59. The Balaban J connectivity index is 2.25. The minimum absolute atomic E-state index is 0.0819. The number of carbonyl (C=O) groups is 1. The fourth-order valence-corrected chi connectivity index (χ4v) is 3.02. The summed E-state index contributed by atoms with van der Waals surface area (Å²) in [5.74, 6) is -0.671. The van der Waals surface area contributed by atoms with Crippen LogP contribution in [0.5, 0.6) is 0 Å². The van der Waals surface area contributed by atoms with Crippen molar-refractivity contribution in [3.8, 4) is 0 Å². The molecule has 0 radical (unpaired) electrons. The van der Waals surface area contributed by atoms with Crippen molar-refractivity contribution in [1.29, 1.82) is 0 Å². The summed E-state index contributed by atoms with van der Waals surface area (Å²) in [5.41, 5.74) is 5.79. The minimum atomic E-state index is -0.671. The van der Waals surface area contributed by atoms with Crippen LogP contribution < -0.4 is 5.73 Å². The Morgan fingerprint density at radius 3 is 2.73 bits per heavy atom. The van der Waals surface area contributed by atoms with E-state index in [0.29, 0.717) is 12.1 Å². The lowest BCUT2D eigenvalue weighted by molar-refractivity contribution is -0.385. The Bertz CT molecular complexity index is 685. The maximum Gasteiger partial charge on any atom is 0.274 e. The zero-order valence-electron chi connectivity index (χ0n) is 12.4. The van der Waals surface area contributed by atoms with Gasteiger partial charge in [-0.05, 0) is 31.5 Å². The molecule has 0 fully saturated rings. The van der Waals surface area contributed by atoms with Gasteiger partial charge in [-0.25, -0.2) is 0 Å². The molecule has 0 saturated heterocycles. The highest BCUT2D eigenvalue weighted by molar-refractivity contribution is 7.10. The average molecular weight is 319 g/mol. The second-order valence-corrected chi connectivity index (χ2v) is 6.05. The maximum absolute atomic E-state index is 11.2. The predicted octanol–water partition coefficient (Wildman–Crippen LogP) is 2.95. The van der Waals surface area contributed by atoms with Gasteiger partial charge < -0.3 is 5.73 Å². The Kier molecular flexibility index (Phi) is 4.89. The third-order valence-electron chi connectivity index (χ3n) is 3.60. The lowest BCUT2D eigenvalue weighted by atomic mass is 10.1. The highest BCUT2D eigenvalue weighted by atomic mass is 32.1. The molecule has 1 aromatic carbocycles. The number of carbonyl (C=O) groups excluding carboxylic acids is 1. The van der Waals surface area contributed by atoms with E-state index in [-0.39, 0.29) is 17.3 Å². The molecule has 0 aliphatic rings. The van der Waals surface area contributed by atoms with Crippen molar-refractivity contribution in [1.82, 2.24) is 4.90 Å². The summed E-state index contributed by atoms with van der Waals surface area (Å²) in [6, 6.07) is 8.52. The standard InChI is InChI=1S/C15H17N3O3S/c1-10(14-4-3-7-22-14)17(2)9-12-6-5-11(15(16)19)8-13(12)18(20)21/h3-8,10H,9H2,1-2H3,(H2,16,19)/t10-/m1/s1. The topological polar surface area (TPSA) is 89.5 Å². The molecular weight excluding hydrogens is 302 g/mol. The number of benzene rings is 1. The number of primary amides is 1. The molecule has 1 aromatic heterocycles. The van der Waals surface area contributed by atoms with Crippen LogP contribution in [0.25, 0.3) is 0 Å². The molecule has 0 aliphatic heterocycles. The number of thiophene rings is 1. The van der Waals surface area contributed by atoms with Crippen LogP contribution in [0.4, 0.5) is 5.69 Å². The second kappa shape index (κ2) is 6.67. The van der Waals surface area contributed by atoms with Crippen LogP contribution in [0.3, 0.4) is 0 Å². The summed E-state index contributed by atoms with van der Waals surface area (Å²) >= 11 is 1.65. The van der Waals surface area contributed by atoms with Gasteiger partial charge in [0.15, 0.2) is 0 Å². The lowest BCUT2D eigenvalue weighted by Gasteiger charge is -2.23. The van der Waals surface area contributed by atoms with Crippen LogP contribution in [0.2, 0.25) is 0 Å². The number of hydrogen-bond donors (Lipinski definition) is 1. The summed E-state index contributed by atoms with van der Waals surface area (Å²) in [4.78, 5) is 25.1. The van der Waals surface area contributed by atoms with Crippen LogP contribution >= 0.6 is 11.3 Å². The largest absolute Gasteiger partial charge is 0.366 e. The van der Waals surface area contributed by atoms with E-state index in [2.05, 4.69) is 6.92 Å². The summed E-state index contributed by atoms with van der Waals surface area (Å²) in [7, 11) is 1.91. The van der Waals surface area contributed by atoms with Crippen LogP contribution in [0.1, 0.15) is 33.8 Å². The predicted molar refractivity (Wildman–Crippen MR) is 85.8 cm³/mol. The summed E-state index contributed by atoms with van der Waals surface area (Å²) in [5, 5.41) is 13.2. The Hall–Kier alpha value is -2.25. The number of nitrogens with zero attached hydrogens (tertiary/aromatic N) is 2. The second-order valence-electron chi connectivity index (χ2n) is 5.07. The summed E-state index contributed by atoms with van der Waals surface area (Å²) < 4.78 is 0. The fraction of sp³-hybridized carbons (Fsp3) is 0.267. The first-order chi connectivity index (χ1) is 10.4. The molecule has 7 heteroatoms. The van der Waals surface area contributed by atoms with Gasteiger partial charge in [-0.3, -0.25) is 19.8 Å². The van der Waals surface area contributed by atoms with E-state index in [1.165, 1.54) is 17.0 Å². The number of nitro benzene ring substituents is 1. The van der Waals surface area contributed by atoms with Gasteiger partial charge in [0.1, 0.15) is 0 Å². The maximum atomic E-state index is 11.2. The normalized spacial score (nSPS) is 12.3. The van der Waals surface area contributed by atoms with Crippen molar-refractivity contribution in [2.75, 3.05) is 7.05 Å². The summed E-state index contributed by atoms with van der Waals surface area (Å²) in [6.45, 7) is 2.46. The van der Waals surface area contributed by atoms with Crippen molar-refractivity contribution in [2.45, 2.75) is 19.5 Å². The average Bonchev–Trinajstić information content (AvgIpc) is 3.00. The van der Waals surface area contributed by atoms with Gasteiger partial charge in [0.05, 0.1) is 4.92 Å². The Labute approximate surface area is 132 Å². The molecule has 116 valence electrons. The third-order valence-corrected chi connectivity index (χ3v) is 4.64. The lowest BCUT2D eigenvalue weighted by Crippen LogP contribution is -2.22. The number of amides is 1. The molecule has 0 saturated carbocycles. The highest BCUT2D eigenvalue weighted by Crippen LogP contribution is 2.27. The van der Waals surface area contributed by atoms with Crippen LogP contribution in [-0.2, 0) is 6.54 Å². The van der Waals surface area contributed by atoms with Crippen molar-refractivity contribution in [2.24, 2.45) is 5.73 Å². The molecule has 0 unspecified atom stereocenters. The Morgan fingerprint density at radius 2 is 2.18 bits per heavy atom. The van der Waals surface area contributed by atoms with E-state index >= 15 is 0 Å². The molecule has 0 aliphatic carbocycles. The van der Waals surface area contributed by atoms with E-state index in [1.807, 2.05) is 29.5 Å².